The number of hydrogen-bond acceptors (Lipinski definition) is 2. The summed E-state index contributed by atoms with van der Waals surface area (Å²) in [6.45, 7) is 0. The van der Waals surface area contributed by atoms with E-state index in [0.29, 0.717) is 11.3 Å². The number of nitrogens with zero attached hydrogens (tertiary/aromatic N) is 3. The molecule has 6 heteroatoms. The Morgan fingerprint density at radius 1 is 1.05 bits per heavy atom. The van der Waals surface area contributed by atoms with Gasteiger partial charge in [-0.2, -0.15) is 5.10 Å². The Hall–Kier alpha value is -3.02. The molecule has 0 unspecified atom stereocenters. The van der Waals surface area contributed by atoms with Gasteiger partial charge >= 0.3 is 0 Å². The van der Waals surface area contributed by atoms with Crippen LogP contribution in [0.15, 0.2) is 55.1 Å². The largest absolute Gasteiger partial charge is 0.304 e. The molecule has 0 spiro atoms. The van der Waals surface area contributed by atoms with E-state index in [-0.39, 0.29) is 11.5 Å². The fraction of sp³-hybridized carbons (Fsp3) is 0. The molecule has 0 radical (unpaired) electrons. The number of hydrogen-bond donors (Lipinski definition) is 1. The minimum absolute atomic E-state index is 0.274. The van der Waals surface area contributed by atoms with Gasteiger partial charge in [0.25, 0.3) is 0 Å². The first-order chi connectivity index (χ1) is 10.7. The first kappa shape index (κ1) is 12.7. The van der Waals surface area contributed by atoms with Gasteiger partial charge in [0.1, 0.15) is 5.82 Å². The number of benzene rings is 1. The number of fused-ring (bicyclic) bond motifs is 1. The summed E-state index contributed by atoms with van der Waals surface area (Å²) in [4.78, 5) is 3.95. The lowest BCUT2D eigenvalue weighted by Gasteiger charge is -2.05. The number of pyridine rings is 1. The van der Waals surface area contributed by atoms with Gasteiger partial charge in [-0.1, -0.05) is 0 Å². The maximum Gasteiger partial charge on any atom is 0.173 e. The lowest BCUT2D eigenvalue weighted by molar-refractivity contribution is 0.628. The second-order valence-corrected chi connectivity index (χ2v) is 4.89. The van der Waals surface area contributed by atoms with Crippen LogP contribution in [-0.2, 0) is 0 Å². The highest BCUT2D eigenvalue weighted by atomic mass is 19.1. The van der Waals surface area contributed by atoms with E-state index in [0.717, 1.165) is 11.1 Å². The van der Waals surface area contributed by atoms with E-state index in [4.69, 9.17) is 0 Å². The van der Waals surface area contributed by atoms with Crippen LogP contribution in [0.4, 0.5) is 8.78 Å². The molecule has 3 heterocycles. The van der Waals surface area contributed by atoms with Crippen LogP contribution >= 0.6 is 0 Å². The fourth-order valence-corrected chi connectivity index (χ4v) is 2.48. The molecule has 108 valence electrons. The summed E-state index contributed by atoms with van der Waals surface area (Å²) in [6.07, 6.45) is 6.69. The van der Waals surface area contributed by atoms with Gasteiger partial charge in [0.2, 0.25) is 0 Å². The summed E-state index contributed by atoms with van der Waals surface area (Å²) < 4.78 is 28.8. The zero-order valence-corrected chi connectivity index (χ0v) is 11.3. The number of aromatic nitrogens is 4. The molecule has 3 aromatic heterocycles. The van der Waals surface area contributed by atoms with Gasteiger partial charge in [0.15, 0.2) is 11.5 Å². The van der Waals surface area contributed by atoms with Gasteiger partial charge in [-0.05, 0) is 30.3 Å². The minimum Gasteiger partial charge on any atom is -0.304 e. The number of nitrogens with one attached hydrogen (secondary N) is 1. The normalized spacial score (nSPS) is 11.2. The van der Waals surface area contributed by atoms with E-state index in [1.807, 2.05) is 0 Å². The van der Waals surface area contributed by atoms with E-state index in [1.54, 1.807) is 41.3 Å². The van der Waals surface area contributed by atoms with E-state index >= 15 is 0 Å². The highest BCUT2D eigenvalue weighted by molar-refractivity contribution is 5.80. The Kier molecular flexibility index (Phi) is 2.75. The third-order valence-electron chi connectivity index (χ3n) is 3.51. The van der Waals surface area contributed by atoms with Crippen molar-refractivity contribution >= 4 is 5.65 Å². The predicted octanol–water partition coefficient (Wildman–Crippen LogP) is 3.67. The van der Waals surface area contributed by atoms with Crippen LogP contribution in [0.1, 0.15) is 0 Å². The molecule has 0 bridgehead atoms. The number of H-pyrrole nitrogens is 1. The molecule has 4 nitrogen and oxygen atoms in total. The molecular weight excluding hydrogens is 286 g/mol. The van der Waals surface area contributed by atoms with E-state index in [9.17, 15) is 8.78 Å². The summed E-state index contributed by atoms with van der Waals surface area (Å²) in [5, 5.41) is 6.98. The standard InChI is InChI=1S/C16H10F2N4/c17-12-3-1-10(2-4-12)15-13(8-20-21-15)11-7-14(18)16-19-5-6-22(16)9-11/h1-9H,(H,20,21). The lowest BCUT2D eigenvalue weighted by atomic mass is 10.0. The van der Waals surface area contributed by atoms with Crippen molar-refractivity contribution < 1.29 is 8.78 Å². The summed E-state index contributed by atoms with van der Waals surface area (Å²) >= 11 is 0. The topological polar surface area (TPSA) is 46.0 Å². The SMILES string of the molecule is Fc1ccc(-c2n[nH]cc2-c2cc(F)c3nccn3c2)cc1. The van der Waals surface area contributed by atoms with Crippen LogP contribution in [0.2, 0.25) is 0 Å². The average molecular weight is 296 g/mol. The number of aromatic amines is 1. The van der Waals surface area contributed by atoms with E-state index < -0.39 is 5.82 Å². The first-order valence-electron chi connectivity index (χ1n) is 6.65. The molecule has 0 aliphatic heterocycles. The predicted molar refractivity (Wildman–Crippen MR) is 78.1 cm³/mol. The monoisotopic (exact) mass is 296 g/mol. The molecule has 0 amide bonds. The zero-order valence-electron chi connectivity index (χ0n) is 11.3. The molecule has 0 atom stereocenters. The Morgan fingerprint density at radius 3 is 2.68 bits per heavy atom. The summed E-state index contributed by atoms with van der Waals surface area (Å²) in [6, 6.07) is 7.43. The second kappa shape index (κ2) is 4.77. The average Bonchev–Trinajstić information content (AvgIpc) is 3.16. The van der Waals surface area contributed by atoms with E-state index in [1.165, 1.54) is 18.2 Å². The summed E-state index contributed by atoms with van der Waals surface area (Å²) in [5.74, 6) is -0.722. The van der Waals surface area contributed by atoms with Gasteiger partial charge in [0, 0.05) is 41.5 Å². The Bertz CT molecular complexity index is 954. The van der Waals surface area contributed by atoms with Crippen LogP contribution in [0.25, 0.3) is 28.0 Å². The van der Waals surface area contributed by atoms with Crippen LogP contribution in [0.5, 0.6) is 0 Å². The Balaban J connectivity index is 1.89. The van der Waals surface area contributed by atoms with Crippen molar-refractivity contribution in [1.29, 1.82) is 0 Å². The molecule has 4 rings (SSSR count). The second-order valence-electron chi connectivity index (χ2n) is 4.89. The van der Waals surface area contributed by atoms with Crippen molar-refractivity contribution in [1.82, 2.24) is 19.6 Å². The van der Waals surface area contributed by atoms with Gasteiger partial charge in [-0.3, -0.25) is 5.10 Å². The van der Waals surface area contributed by atoms with Crippen molar-refractivity contribution in [2.75, 3.05) is 0 Å². The smallest absolute Gasteiger partial charge is 0.173 e. The van der Waals surface area contributed by atoms with Gasteiger partial charge in [-0.25, -0.2) is 13.8 Å². The molecule has 22 heavy (non-hydrogen) atoms. The maximum absolute atomic E-state index is 14.1. The van der Waals surface area contributed by atoms with Crippen LogP contribution < -0.4 is 0 Å². The molecule has 0 fully saturated rings. The Morgan fingerprint density at radius 2 is 1.86 bits per heavy atom. The lowest BCUT2D eigenvalue weighted by Crippen LogP contribution is -1.91. The molecule has 0 aliphatic rings. The van der Waals surface area contributed by atoms with Crippen LogP contribution in [-0.4, -0.2) is 19.6 Å². The quantitative estimate of drug-likeness (QED) is 0.613. The van der Waals surface area contributed by atoms with Gasteiger partial charge in [0.05, 0.1) is 5.69 Å². The molecule has 0 aliphatic carbocycles. The maximum atomic E-state index is 14.1. The zero-order chi connectivity index (χ0) is 15.1. The van der Waals surface area contributed by atoms with Gasteiger partial charge in [-0.15, -0.1) is 0 Å². The highest BCUT2D eigenvalue weighted by Crippen LogP contribution is 2.31. The van der Waals surface area contributed by atoms with Crippen molar-refractivity contribution in [2.45, 2.75) is 0 Å². The van der Waals surface area contributed by atoms with Gasteiger partial charge < -0.3 is 4.40 Å². The van der Waals surface area contributed by atoms with E-state index in [2.05, 4.69) is 15.2 Å². The van der Waals surface area contributed by atoms with Crippen molar-refractivity contribution in [3.8, 4) is 22.4 Å². The fourth-order valence-electron chi connectivity index (χ4n) is 2.48. The molecule has 4 aromatic rings. The molecule has 0 saturated heterocycles. The highest BCUT2D eigenvalue weighted by Gasteiger charge is 2.13. The molecule has 1 N–H and O–H groups in total. The van der Waals surface area contributed by atoms with Crippen molar-refractivity contribution in [3.05, 3.63) is 66.8 Å². The first-order valence-corrected chi connectivity index (χ1v) is 6.65. The van der Waals surface area contributed by atoms with Crippen molar-refractivity contribution in [2.24, 2.45) is 0 Å². The number of halogens is 2. The third-order valence-corrected chi connectivity index (χ3v) is 3.51. The van der Waals surface area contributed by atoms with Crippen molar-refractivity contribution in [3.63, 3.8) is 0 Å². The third kappa shape index (κ3) is 1.96. The molecule has 1 aromatic carbocycles. The Labute approximate surface area is 124 Å². The summed E-state index contributed by atoms with van der Waals surface area (Å²) in [7, 11) is 0. The summed E-state index contributed by atoms with van der Waals surface area (Å²) in [5.41, 5.74) is 3.07. The van der Waals surface area contributed by atoms with Crippen LogP contribution in [0, 0.1) is 11.6 Å². The minimum atomic E-state index is -0.409. The number of rotatable bonds is 2. The van der Waals surface area contributed by atoms with Crippen LogP contribution in [0.3, 0.4) is 0 Å². The molecular formula is C16H10F2N4. The molecule has 0 saturated carbocycles. The number of imidazole rings is 1.